The lowest BCUT2D eigenvalue weighted by Gasteiger charge is -2.36. The van der Waals surface area contributed by atoms with Crippen LogP contribution in [0.1, 0.15) is 27.9 Å². The molecule has 0 spiro atoms. The van der Waals surface area contributed by atoms with Gasteiger partial charge in [0, 0.05) is 50.7 Å². The first kappa shape index (κ1) is 26.2. The predicted octanol–water partition coefficient (Wildman–Crippen LogP) is 4.12. The third kappa shape index (κ3) is 5.64. The van der Waals surface area contributed by atoms with Crippen molar-refractivity contribution >= 4 is 28.2 Å². The van der Waals surface area contributed by atoms with Gasteiger partial charge in [-0.25, -0.2) is 14.2 Å². The van der Waals surface area contributed by atoms with Gasteiger partial charge in [-0.1, -0.05) is 12.1 Å². The molecule has 0 aliphatic carbocycles. The molecule has 0 saturated carbocycles. The largest absolute Gasteiger partial charge is 0.370 e. The maximum Gasteiger partial charge on any atom is 0.273 e. The molecule has 4 aromatic rings. The number of aromatic nitrogens is 2. The summed E-state index contributed by atoms with van der Waals surface area (Å²) in [4.78, 5) is 22.1. The number of nitrogens with zero attached hydrogens (tertiary/aromatic N) is 5. The number of halogens is 2. The normalized spacial score (nSPS) is 16.2. The number of nitrogens with one attached hydrogen (secondary N) is 2. The number of piperazine rings is 1. The molecule has 0 unspecified atom stereocenters. The van der Waals surface area contributed by atoms with E-state index in [9.17, 15) is 13.6 Å². The summed E-state index contributed by atoms with van der Waals surface area (Å²) in [5, 5.41) is 8.78. The van der Waals surface area contributed by atoms with E-state index in [2.05, 4.69) is 43.7 Å². The number of likely N-dealkylation sites (tertiary alicyclic amines) is 1. The minimum absolute atomic E-state index is 0.258. The van der Waals surface area contributed by atoms with Crippen molar-refractivity contribution in [3.8, 4) is 0 Å². The number of carbonyl (C=O) groups excluding carboxylic acids is 1. The number of anilines is 2. The van der Waals surface area contributed by atoms with Crippen LogP contribution < -0.4 is 15.6 Å². The highest BCUT2D eigenvalue weighted by molar-refractivity contribution is 6.07. The van der Waals surface area contributed by atoms with E-state index in [1.807, 2.05) is 30.3 Å². The molecule has 10 heteroatoms. The molecule has 3 heterocycles. The number of hydrogen-bond donors (Lipinski definition) is 2. The zero-order chi connectivity index (χ0) is 27.6. The second kappa shape index (κ2) is 11.2. The molecular weight excluding hydrogens is 512 g/mol. The summed E-state index contributed by atoms with van der Waals surface area (Å²) >= 11 is 0. The van der Waals surface area contributed by atoms with Crippen LogP contribution in [-0.4, -0.2) is 78.6 Å². The van der Waals surface area contributed by atoms with Crippen LogP contribution in [0.25, 0.3) is 10.9 Å². The fraction of sp³-hybridized carbons (Fsp3) is 0.333. The highest BCUT2D eigenvalue weighted by atomic mass is 19.1. The van der Waals surface area contributed by atoms with Gasteiger partial charge in [-0.15, -0.1) is 0 Å². The van der Waals surface area contributed by atoms with Crippen LogP contribution in [0.4, 0.5) is 20.2 Å². The molecule has 0 bridgehead atoms. The summed E-state index contributed by atoms with van der Waals surface area (Å²) in [6, 6.07) is 15.0. The van der Waals surface area contributed by atoms with Crippen molar-refractivity contribution in [3.63, 3.8) is 0 Å². The molecule has 208 valence electrons. The van der Waals surface area contributed by atoms with Crippen LogP contribution in [0, 0.1) is 11.6 Å². The molecule has 1 aromatic heterocycles. The van der Waals surface area contributed by atoms with Gasteiger partial charge in [-0.05, 0) is 67.4 Å². The zero-order valence-electron chi connectivity index (χ0n) is 22.5. The van der Waals surface area contributed by atoms with Crippen molar-refractivity contribution in [2.75, 3.05) is 68.6 Å². The van der Waals surface area contributed by atoms with Crippen molar-refractivity contribution in [2.24, 2.45) is 0 Å². The molecule has 2 fully saturated rings. The van der Waals surface area contributed by atoms with Gasteiger partial charge in [0.2, 0.25) is 0 Å². The van der Waals surface area contributed by atoms with Gasteiger partial charge in [-0.2, -0.15) is 9.89 Å². The second-order valence-corrected chi connectivity index (χ2v) is 10.6. The van der Waals surface area contributed by atoms with Gasteiger partial charge in [0.05, 0.1) is 35.3 Å². The molecule has 0 radical (unpaired) electrons. The van der Waals surface area contributed by atoms with E-state index in [1.54, 1.807) is 6.20 Å². The van der Waals surface area contributed by atoms with Crippen LogP contribution in [0.3, 0.4) is 0 Å². The van der Waals surface area contributed by atoms with Crippen LogP contribution >= 0.6 is 0 Å². The molecule has 1 amide bonds. The Hall–Kier alpha value is -4.02. The maximum absolute atomic E-state index is 13.6. The molecule has 2 saturated heterocycles. The Bertz CT molecular complexity index is 1510. The molecule has 8 nitrogen and oxygen atoms in total. The highest BCUT2D eigenvalue weighted by Gasteiger charge is 2.23. The summed E-state index contributed by atoms with van der Waals surface area (Å²) in [6.45, 7) is 6.53. The van der Waals surface area contributed by atoms with E-state index < -0.39 is 11.6 Å². The Balaban J connectivity index is 1.24. The van der Waals surface area contributed by atoms with Crippen molar-refractivity contribution in [1.29, 1.82) is 0 Å². The third-order valence-corrected chi connectivity index (χ3v) is 7.73. The number of carbonyl (C=O) groups is 1. The topological polar surface area (TPSA) is 68.7 Å². The lowest BCUT2D eigenvalue weighted by molar-refractivity contribution is 0.101. The quantitative estimate of drug-likeness (QED) is 0.347. The van der Waals surface area contributed by atoms with Gasteiger partial charge in [-0.3, -0.25) is 9.69 Å². The van der Waals surface area contributed by atoms with E-state index in [0.717, 1.165) is 73.2 Å². The predicted molar refractivity (Wildman–Crippen MR) is 153 cm³/mol. The standard InChI is InChI=1S/C30H33F2N7O/c1-36-10-12-38(13-11-36)28-5-2-4-26(29(28)33-20-37-8-3-9-37)30(40)35-39-27-7-6-21(15-23(27)19-34-39)14-22-16-24(31)18-25(32)17-22/h2,4-7,15-19,33H,3,8-14,20H2,1H3,(H,35,40). The van der Waals surface area contributed by atoms with E-state index in [4.69, 9.17) is 0 Å². The van der Waals surface area contributed by atoms with Crippen LogP contribution in [0.15, 0.2) is 60.8 Å². The van der Waals surface area contributed by atoms with Crippen molar-refractivity contribution in [3.05, 3.63) is 89.1 Å². The number of likely N-dealkylation sites (N-methyl/N-ethyl adjacent to an activating group) is 1. The molecule has 3 aromatic carbocycles. The molecule has 6 rings (SSSR count). The van der Waals surface area contributed by atoms with Gasteiger partial charge in [0.1, 0.15) is 11.6 Å². The summed E-state index contributed by atoms with van der Waals surface area (Å²) < 4.78 is 27.3. The lowest BCUT2D eigenvalue weighted by atomic mass is 10.0. The van der Waals surface area contributed by atoms with E-state index >= 15 is 0 Å². The monoisotopic (exact) mass is 545 g/mol. The minimum atomic E-state index is -0.595. The number of amides is 1. The first-order chi connectivity index (χ1) is 19.4. The minimum Gasteiger partial charge on any atom is -0.370 e. The van der Waals surface area contributed by atoms with E-state index in [1.165, 1.54) is 23.3 Å². The average molecular weight is 546 g/mol. The number of benzene rings is 3. The van der Waals surface area contributed by atoms with Gasteiger partial charge < -0.3 is 15.1 Å². The average Bonchev–Trinajstić information content (AvgIpc) is 3.29. The number of hydrogen-bond acceptors (Lipinski definition) is 6. The Morgan fingerprint density at radius 3 is 2.42 bits per heavy atom. The first-order valence-corrected chi connectivity index (χ1v) is 13.7. The molecular formula is C30H33F2N7O. The summed E-state index contributed by atoms with van der Waals surface area (Å²) in [5.74, 6) is -1.45. The maximum atomic E-state index is 13.6. The van der Waals surface area contributed by atoms with Crippen molar-refractivity contribution < 1.29 is 13.6 Å². The van der Waals surface area contributed by atoms with Crippen molar-refractivity contribution in [1.82, 2.24) is 19.7 Å². The lowest BCUT2D eigenvalue weighted by Crippen LogP contribution is -2.45. The smallest absolute Gasteiger partial charge is 0.273 e. The second-order valence-electron chi connectivity index (χ2n) is 10.6. The number of para-hydroxylation sites is 1. The zero-order valence-corrected chi connectivity index (χ0v) is 22.5. The molecule has 40 heavy (non-hydrogen) atoms. The molecule has 2 N–H and O–H groups in total. The van der Waals surface area contributed by atoms with Crippen molar-refractivity contribution in [2.45, 2.75) is 12.8 Å². The summed E-state index contributed by atoms with van der Waals surface area (Å²) in [5.41, 5.74) is 7.54. The number of fused-ring (bicyclic) bond motifs is 1. The fourth-order valence-electron chi connectivity index (χ4n) is 5.34. The number of rotatable bonds is 8. The van der Waals surface area contributed by atoms with E-state index in [0.29, 0.717) is 24.2 Å². The Morgan fingerprint density at radius 1 is 0.925 bits per heavy atom. The summed E-state index contributed by atoms with van der Waals surface area (Å²) in [6.07, 6.45) is 3.25. The van der Waals surface area contributed by atoms with Gasteiger partial charge >= 0.3 is 0 Å². The molecule has 0 atom stereocenters. The van der Waals surface area contributed by atoms with Crippen LogP contribution in [0.5, 0.6) is 0 Å². The van der Waals surface area contributed by atoms with E-state index in [-0.39, 0.29) is 5.91 Å². The molecule has 2 aliphatic heterocycles. The Morgan fingerprint density at radius 2 is 1.70 bits per heavy atom. The van der Waals surface area contributed by atoms with Gasteiger partial charge in [0.25, 0.3) is 5.91 Å². The third-order valence-electron chi connectivity index (χ3n) is 7.73. The Kier molecular flexibility index (Phi) is 7.36. The fourth-order valence-corrected chi connectivity index (χ4v) is 5.34. The highest BCUT2D eigenvalue weighted by Crippen LogP contribution is 2.31. The SMILES string of the molecule is CN1CCN(c2cccc(C(=O)Nn3ncc4cc(Cc5cc(F)cc(F)c5)ccc43)c2NCN2CCC2)CC1. The van der Waals surface area contributed by atoms with Gasteiger partial charge in [0.15, 0.2) is 0 Å². The summed E-state index contributed by atoms with van der Waals surface area (Å²) in [7, 11) is 2.13. The van der Waals surface area contributed by atoms with Crippen LogP contribution in [-0.2, 0) is 6.42 Å². The first-order valence-electron chi connectivity index (χ1n) is 13.7. The van der Waals surface area contributed by atoms with Crippen LogP contribution in [0.2, 0.25) is 0 Å². The Labute approximate surface area is 232 Å². The molecule has 2 aliphatic rings.